The summed E-state index contributed by atoms with van der Waals surface area (Å²) in [6.45, 7) is 7.01. The van der Waals surface area contributed by atoms with Crippen LogP contribution in [0.3, 0.4) is 0 Å². The van der Waals surface area contributed by atoms with Crippen molar-refractivity contribution in [2.75, 3.05) is 25.5 Å². The molecule has 1 amide bonds. The minimum atomic E-state index is -0.480. The molecule has 7 nitrogen and oxygen atoms in total. The second kappa shape index (κ2) is 7.48. The fourth-order valence-corrected chi connectivity index (χ4v) is 2.54. The number of carbonyl (C=O) groups excluding carboxylic acids is 1. The van der Waals surface area contributed by atoms with Gasteiger partial charge in [0, 0.05) is 19.2 Å². The van der Waals surface area contributed by atoms with Gasteiger partial charge in [0.15, 0.2) is 0 Å². The van der Waals surface area contributed by atoms with E-state index in [2.05, 4.69) is 15.3 Å². The fourth-order valence-electron chi connectivity index (χ4n) is 2.54. The summed E-state index contributed by atoms with van der Waals surface area (Å²) < 4.78 is 10.6. The predicted molar refractivity (Wildman–Crippen MR) is 87.7 cm³/mol. The number of carbonyl (C=O) groups is 1. The van der Waals surface area contributed by atoms with E-state index < -0.39 is 5.60 Å². The molecule has 1 N–H and O–H groups in total. The predicted octanol–water partition coefficient (Wildman–Crippen LogP) is 2.69. The molecule has 1 aliphatic heterocycles. The summed E-state index contributed by atoms with van der Waals surface area (Å²) in [7, 11) is 1.57. The highest BCUT2D eigenvalue weighted by Gasteiger charge is 2.30. The van der Waals surface area contributed by atoms with Gasteiger partial charge in [0.05, 0.1) is 13.2 Å². The van der Waals surface area contributed by atoms with Crippen molar-refractivity contribution < 1.29 is 14.3 Å². The molecule has 2 heterocycles. The second-order valence-corrected chi connectivity index (χ2v) is 6.65. The summed E-state index contributed by atoms with van der Waals surface area (Å²) in [6, 6.07) is 1.83. The summed E-state index contributed by atoms with van der Waals surface area (Å²) in [5.74, 6) is 1.20. The maximum atomic E-state index is 12.4. The van der Waals surface area contributed by atoms with E-state index in [-0.39, 0.29) is 12.1 Å². The van der Waals surface area contributed by atoms with E-state index in [0.717, 1.165) is 25.8 Å². The highest BCUT2D eigenvalue weighted by atomic mass is 16.6. The maximum absolute atomic E-state index is 12.4. The minimum absolute atomic E-state index is 0.0968. The largest absolute Gasteiger partial charge is 0.481 e. The van der Waals surface area contributed by atoms with Gasteiger partial charge < -0.3 is 19.7 Å². The quantitative estimate of drug-likeness (QED) is 0.918. The summed E-state index contributed by atoms with van der Waals surface area (Å²) in [4.78, 5) is 22.3. The van der Waals surface area contributed by atoms with Crippen LogP contribution in [0.15, 0.2) is 12.4 Å². The van der Waals surface area contributed by atoms with Crippen LogP contribution in [0.25, 0.3) is 0 Å². The van der Waals surface area contributed by atoms with Gasteiger partial charge in [-0.05, 0) is 40.0 Å². The normalized spacial score (nSPS) is 18.4. The Morgan fingerprint density at radius 2 is 2.17 bits per heavy atom. The zero-order chi connectivity index (χ0) is 16.9. The molecule has 23 heavy (non-hydrogen) atoms. The Labute approximate surface area is 137 Å². The lowest BCUT2D eigenvalue weighted by Crippen LogP contribution is -2.48. The average molecular weight is 322 g/mol. The van der Waals surface area contributed by atoms with Crippen LogP contribution in [-0.2, 0) is 4.74 Å². The molecule has 1 unspecified atom stereocenters. The third-order valence-corrected chi connectivity index (χ3v) is 3.63. The zero-order valence-corrected chi connectivity index (χ0v) is 14.3. The van der Waals surface area contributed by atoms with Gasteiger partial charge in [-0.2, -0.15) is 0 Å². The standard InChI is InChI=1S/C16H26N4O3/c1-16(2,3)23-15(21)20-8-6-5-7-12(20)10-17-13-9-14(22-4)19-11-18-13/h9,11-12H,5-8,10H2,1-4H3,(H,17,18,19). The number of hydrogen-bond donors (Lipinski definition) is 1. The molecule has 128 valence electrons. The Balaban J connectivity index is 1.96. The number of likely N-dealkylation sites (tertiary alicyclic amines) is 1. The molecule has 1 aromatic rings. The van der Waals surface area contributed by atoms with Gasteiger partial charge in [0.2, 0.25) is 5.88 Å². The Hall–Kier alpha value is -2.05. The van der Waals surface area contributed by atoms with Crippen molar-refractivity contribution in [3.63, 3.8) is 0 Å². The third-order valence-electron chi connectivity index (χ3n) is 3.63. The SMILES string of the molecule is COc1cc(NCC2CCCCN2C(=O)OC(C)(C)C)ncn1. The van der Waals surface area contributed by atoms with Gasteiger partial charge in [-0.3, -0.25) is 0 Å². The highest BCUT2D eigenvalue weighted by molar-refractivity contribution is 5.68. The Bertz CT molecular complexity index is 530. The Morgan fingerprint density at radius 1 is 1.39 bits per heavy atom. The fraction of sp³-hybridized carbons (Fsp3) is 0.688. The van der Waals surface area contributed by atoms with Crippen molar-refractivity contribution in [1.82, 2.24) is 14.9 Å². The molecule has 1 saturated heterocycles. The van der Waals surface area contributed by atoms with Gasteiger partial charge in [-0.1, -0.05) is 0 Å². The van der Waals surface area contributed by atoms with Crippen molar-refractivity contribution in [2.24, 2.45) is 0 Å². The molecule has 1 fully saturated rings. The van der Waals surface area contributed by atoms with Crippen LogP contribution in [0.4, 0.5) is 10.6 Å². The first-order chi connectivity index (χ1) is 10.9. The molecule has 2 rings (SSSR count). The van der Waals surface area contributed by atoms with Crippen LogP contribution in [0, 0.1) is 0 Å². The molecule has 7 heteroatoms. The lowest BCUT2D eigenvalue weighted by Gasteiger charge is -2.36. The van der Waals surface area contributed by atoms with Crippen molar-refractivity contribution in [1.29, 1.82) is 0 Å². The van der Waals surface area contributed by atoms with Crippen molar-refractivity contribution >= 4 is 11.9 Å². The van der Waals surface area contributed by atoms with E-state index in [4.69, 9.17) is 9.47 Å². The van der Waals surface area contributed by atoms with Crippen molar-refractivity contribution in [2.45, 2.75) is 51.7 Å². The number of nitrogens with one attached hydrogen (secondary N) is 1. The average Bonchev–Trinajstić information content (AvgIpc) is 2.52. The number of piperidine rings is 1. The maximum Gasteiger partial charge on any atom is 0.410 e. The first-order valence-corrected chi connectivity index (χ1v) is 7.98. The van der Waals surface area contributed by atoms with Crippen LogP contribution in [0.5, 0.6) is 5.88 Å². The van der Waals surface area contributed by atoms with Gasteiger partial charge >= 0.3 is 6.09 Å². The van der Waals surface area contributed by atoms with Crippen LogP contribution in [0.1, 0.15) is 40.0 Å². The highest BCUT2D eigenvalue weighted by Crippen LogP contribution is 2.21. The first-order valence-electron chi connectivity index (χ1n) is 7.98. The molecule has 1 atom stereocenters. The monoisotopic (exact) mass is 322 g/mol. The number of hydrogen-bond acceptors (Lipinski definition) is 6. The lowest BCUT2D eigenvalue weighted by molar-refractivity contribution is 0.0114. The Kier molecular flexibility index (Phi) is 5.63. The zero-order valence-electron chi connectivity index (χ0n) is 14.3. The van der Waals surface area contributed by atoms with E-state index in [9.17, 15) is 4.79 Å². The molecular weight excluding hydrogens is 296 g/mol. The Morgan fingerprint density at radius 3 is 2.87 bits per heavy atom. The van der Waals surface area contributed by atoms with E-state index in [1.165, 1.54) is 6.33 Å². The molecule has 0 bridgehead atoms. The van der Waals surface area contributed by atoms with Gasteiger partial charge in [-0.25, -0.2) is 14.8 Å². The van der Waals surface area contributed by atoms with E-state index in [1.54, 1.807) is 13.2 Å². The molecule has 0 aromatic carbocycles. The summed E-state index contributed by atoms with van der Waals surface area (Å²) in [5.41, 5.74) is -0.480. The van der Waals surface area contributed by atoms with Crippen molar-refractivity contribution in [3.8, 4) is 5.88 Å². The van der Waals surface area contributed by atoms with Gasteiger partial charge in [0.25, 0.3) is 0 Å². The number of amides is 1. The number of rotatable bonds is 4. The lowest BCUT2D eigenvalue weighted by atomic mass is 10.0. The van der Waals surface area contributed by atoms with Crippen LogP contribution in [0.2, 0.25) is 0 Å². The van der Waals surface area contributed by atoms with E-state index >= 15 is 0 Å². The molecule has 1 aromatic heterocycles. The summed E-state index contributed by atoms with van der Waals surface area (Å²) in [6.07, 6.45) is 4.28. The van der Waals surface area contributed by atoms with Crippen LogP contribution < -0.4 is 10.1 Å². The van der Waals surface area contributed by atoms with E-state index in [0.29, 0.717) is 18.2 Å². The molecule has 0 aliphatic carbocycles. The summed E-state index contributed by atoms with van der Waals surface area (Å²) >= 11 is 0. The third kappa shape index (κ3) is 5.26. The van der Waals surface area contributed by atoms with Crippen LogP contribution in [-0.4, -0.2) is 52.8 Å². The molecule has 0 saturated carbocycles. The molecular formula is C16H26N4O3. The first kappa shape index (κ1) is 17.3. The van der Waals surface area contributed by atoms with Crippen molar-refractivity contribution in [3.05, 3.63) is 12.4 Å². The summed E-state index contributed by atoms with van der Waals surface area (Å²) in [5, 5.41) is 3.26. The molecule has 0 radical (unpaired) electrons. The van der Waals surface area contributed by atoms with E-state index in [1.807, 2.05) is 25.7 Å². The van der Waals surface area contributed by atoms with Gasteiger partial charge in [-0.15, -0.1) is 0 Å². The topological polar surface area (TPSA) is 76.6 Å². The van der Waals surface area contributed by atoms with Crippen LogP contribution >= 0.6 is 0 Å². The minimum Gasteiger partial charge on any atom is -0.481 e. The number of methoxy groups -OCH3 is 1. The van der Waals surface area contributed by atoms with Gasteiger partial charge in [0.1, 0.15) is 17.7 Å². The number of anilines is 1. The number of nitrogens with zero attached hydrogens (tertiary/aromatic N) is 3. The number of ether oxygens (including phenoxy) is 2. The smallest absolute Gasteiger partial charge is 0.410 e. The second-order valence-electron chi connectivity index (χ2n) is 6.65. The molecule has 0 spiro atoms. The number of aromatic nitrogens is 2. The molecule has 1 aliphatic rings.